The second-order valence-electron chi connectivity index (χ2n) is 7.87. The molecule has 166 valence electrons. The fourth-order valence-electron chi connectivity index (χ4n) is 4.68. The summed E-state index contributed by atoms with van der Waals surface area (Å²) in [5.74, 6) is -1.67. The van der Waals surface area contributed by atoms with Gasteiger partial charge in [0.05, 0.1) is 18.7 Å². The van der Waals surface area contributed by atoms with Gasteiger partial charge in [-0.3, -0.25) is 19.3 Å². The van der Waals surface area contributed by atoms with Gasteiger partial charge in [0.2, 0.25) is 11.8 Å². The molecule has 2 amide bonds. The number of imide groups is 1. The maximum atomic E-state index is 13.8. The van der Waals surface area contributed by atoms with Gasteiger partial charge in [0, 0.05) is 22.0 Å². The molecule has 1 saturated heterocycles. The van der Waals surface area contributed by atoms with Crippen LogP contribution >= 0.6 is 23.2 Å². The molecule has 3 aromatic rings. The summed E-state index contributed by atoms with van der Waals surface area (Å²) in [5, 5.41) is 0.856. The Kier molecular flexibility index (Phi) is 5.15. The Morgan fingerprint density at radius 2 is 1.61 bits per heavy atom. The number of hydrogen-bond donors (Lipinski definition) is 0. The van der Waals surface area contributed by atoms with Gasteiger partial charge in [-0.25, -0.2) is 0 Å². The third kappa shape index (κ3) is 3.21. The van der Waals surface area contributed by atoms with Crippen LogP contribution in [0.4, 0.5) is 5.69 Å². The summed E-state index contributed by atoms with van der Waals surface area (Å²) in [6.07, 6.45) is -0.172. The molecule has 0 bridgehead atoms. The first-order valence-electron chi connectivity index (χ1n) is 10.2. The molecule has 0 aromatic heterocycles. The highest BCUT2D eigenvalue weighted by Gasteiger charge is 2.62. The third-order valence-electron chi connectivity index (χ3n) is 6.19. The highest BCUT2D eigenvalue weighted by molar-refractivity contribution is 6.31. The zero-order valence-electron chi connectivity index (χ0n) is 17.4. The van der Waals surface area contributed by atoms with Gasteiger partial charge in [0.1, 0.15) is 16.9 Å². The van der Waals surface area contributed by atoms with Crippen LogP contribution in [-0.4, -0.2) is 24.9 Å². The van der Waals surface area contributed by atoms with Crippen molar-refractivity contribution < 1.29 is 23.9 Å². The first-order valence-corrected chi connectivity index (χ1v) is 10.9. The van der Waals surface area contributed by atoms with Crippen molar-refractivity contribution >= 4 is 46.7 Å². The van der Waals surface area contributed by atoms with Crippen molar-refractivity contribution in [3.8, 4) is 11.5 Å². The first kappa shape index (κ1) is 21.5. The maximum absolute atomic E-state index is 13.8. The van der Waals surface area contributed by atoms with Crippen LogP contribution in [0.3, 0.4) is 0 Å². The molecule has 0 spiro atoms. The van der Waals surface area contributed by atoms with Gasteiger partial charge in [0.15, 0.2) is 0 Å². The molecular weight excluding hydrogens is 465 g/mol. The Hall–Kier alpha value is -3.35. The minimum absolute atomic E-state index is 0.172. The Balaban J connectivity index is 1.68. The molecule has 2 aliphatic heterocycles. The van der Waals surface area contributed by atoms with E-state index in [-0.39, 0.29) is 6.42 Å². The molecule has 0 unspecified atom stereocenters. The lowest BCUT2D eigenvalue weighted by Crippen LogP contribution is -2.46. The van der Waals surface area contributed by atoms with E-state index in [1.165, 1.54) is 7.11 Å². The predicted molar refractivity (Wildman–Crippen MR) is 123 cm³/mol. The molecule has 0 aliphatic carbocycles. The van der Waals surface area contributed by atoms with E-state index >= 15 is 0 Å². The summed E-state index contributed by atoms with van der Waals surface area (Å²) in [6.45, 7) is 0. The minimum atomic E-state index is -1.54. The summed E-state index contributed by atoms with van der Waals surface area (Å²) in [6, 6.07) is 18.0. The smallest absolute Gasteiger partial charge is 0.327 e. The summed E-state index contributed by atoms with van der Waals surface area (Å²) in [7, 11) is 1.53. The fourth-order valence-corrected chi connectivity index (χ4v) is 4.98. The second-order valence-corrected chi connectivity index (χ2v) is 8.74. The van der Waals surface area contributed by atoms with Crippen LogP contribution in [0.2, 0.25) is 10.0 Å². The van der Waals surface area contributed by atoms with Gasteiger partial charge in [-0.2, -0.15) is 0 Å². The molecule has 3 aromatic carbocycles. The van der Waals surface area contributed by atoms with Crippen molar-refractivity contribution in [2.75, 3.05) is 12.0 Å². The Morgan fingerprint density at radius 1 is 0.939 bits per heavy atom. The van der Waals surface area contributed by atoms with E-state index in [0.717, 1.165) is 4.90 Å². The zero-order chi connectivity index (χ0) is 23.3. The number of ether oxygens (including phenoxy) is 2. The van der Waals surface area contributed by atoms with Crippen LogP contribution in [0.25, 0.3) is 0 Å². The minimum Gasteiger partial charge on any atom is -0.497 e. The lowest BCUT2D eigenvalue weighted by Gasteiger charge is -2.31. The lowest BCUT2D eigenvalue weighted by molar-refractivity contribution is -0.141. The van der Waals surface area contributed by atoms with Crippen LogP contribution in [0.1, 0.15) is 17.5 Å². The van der Waals surface area contributed by atoms with E-state index in [9.17, 15) is 14.4 Å². The normalized spacial score (nSPS) is 21.8. The summed E-state index contributed by atoms with van der Waals surface area (Å²) >= 11 is 12.4. The number of nitrogens with zero attached hydrogens (tertiary/aromatic N) is 1. The fraction of sp³-hybridized carbons (Fsp3) is 0.160. The Morgan fingerprint density at radius 3 is 2.27 bits per heavy atom. The second kappa shape index (κ2) is 7.90. The molecule has 1 fully saturated rings. The molecule has 2 atom stereocenters. The maximum Gasteiger partial charge on any atom is 0.327 e. The first-order chi connectivity index (χ1) is 15.9. The van der Waals surface area contributed by atoms with E-state index in [0.29, 0.717) is 38.4 Å². The third-order valence-corrected chi connectivity index (χ3v) is 6.68. The SMILES string of the molecule is COc1ccc(N2C(=O)C[C@@H]([C@@]3(c4ccc(Cl)cc4)C(=O)Oc4ccc(Cl)cc43)C2=O)cc1. The zero-order valence-corrected chi connectivity index (χ0v) is 18.9. The van der Waals surface area contributed by atoms with E-state index in [1.54, 1.807) is 66.7 Å². The van der Waals surface area contributed by atoms with Gasteiger partial charge in [-0.15, -0.1) is 0 Å². The summed E-state index contributed by atoms with van der Waals surface area (Å²) in [4.78, 5) is 41.5. The standard InChI is InChI=1S/C25H17Cl2NO5/c1-32-18-9-7-17(8-10-18)28-22(29)13-20(23(28)30)25(14-2-4-15(26)5-3-14)19-12-16(27)6-11-21(19)33-24(25)31/h2-12,20H,13H2,1H3/t20-,25+/m1/s1. The van der Waals surface area contributed by atoms with Crippen LogP contribution in [0.5, 0.6) is 11.5 Å². The van der Waals surface area contributed by atoms with Gasteiger partial charge < -0.3 is 9.47 Å². The average Bonchev–Trinajstić information content (AvgIpc) is 3.26. The average molecular weight is 482 g/mol. The Labute approximate surface area is 199 Å². The van der Waals surface area contributed by atoms with Crippen molar-refractivity contribution in [3.63, 3.8) is 0 Å². The highest BCUT2D eigenvalue weighted by Crippen LogP contribution is 2.53. The molecule has 0 radical (unpaired) electrons. The van der Waals surface area contributed by atoms with Crippen LogP contribution < -0.4 is 14.4 Å². The molecule has 8 heteroatoms. The number of fused-ring (bicyclic) bond motifs is 1. The van der Waals surface area contributed by atoms with E-state index in [4.69, 9.17) is 32.7 Å². The van der Waals surface area contributed by atoms with Gasteiger partial charge in [-0.05, 0) is 60.2 Å². The monoisotopic (exact) mass is 481 g/mol. The number of carbonyl (C=O) groups is 3. The number of carbonyl (C=O) groups excluding carboxylic acids is 3. The number of anilines is 1. The predicted octanol–water partition coefficient (Wildman–Crippen LogP) is 4.79. The molecule has 2 aliphatic rings. The van der Waals surface area contributed by atoms with Crippen molar-refractivity contribution in [2.45, 2.75) is 11.8 Å². The molecular formula is C25H17Cl2NO5. The van der Waals surface area contributed by atoms with Crippen LogP contribution in [-0.2, 0) is 19.8 Å². The molecule has 0 N–H and O–H groups in total. The summed E-state index contributed by atoms with van der Waals surface area (Å²) < 4.78 is 10.8. The molecule has 6 nitrogen and oxygen atoms in total. The van der Waals surface area contributed by atoms with Gasteiger partial charge >= 0.3 is 5.97 Å². The van der Waals surface area contributed by atoms with Crippen LogP contribution in [0.15, 0.2) is 66.7 Å². The topological polar surface area (TPSA) is 72.9 Å². The number of amides is 2. The van der Waals surface area contributed by atoms with E-state index < -0.39 is 29.1 Å². The summed E-state index contributed by atoms with van der Waals surface area (Å²) in [5.41, 5.74) is -0.193. The number of methoxy groups -OCH3 is 1. The van der Waals surface area contributed by atoms with Gasteiger partial charge in [0.25, 0.3) is 0 Å². The van der Waals surface area contributed by atoms with E-state index in [2.05, 4.69) is 0 Å². The molecule has 0 saturated carbocycles. The largest absolute Gasteiger partial charge is 0.497 e. The van der Waals surface area contributed by atoms with Crippen molar-refractivity contribution in [1.82, 2.24) is 0 Å². The number of hydrogen-bond acceptors (Lipinski definition) is 5. The number of benzene rings is 3. The van der Waals surface area contributed by atoms with Gasteiger partial charge in [-0.1, -0.05) is 35.3 Å². The molecule has 2 heterocycles. The molecule has 33 heavy (non-hydrogen) atoms. The van der Waals surface area contributed by atoms with Crippen molar-refractivity contribution in [3.05, 3.63) is 87.9 Å². The van der Waals surface area contributed by atoms with Crippen molar-refractivity contribution in [2.24, 2.45) is 5.92 Å². The van der Waals surface area contributed by atoms with E-state index in [1.807, 2.05) is 0 Å². The number of halogens is 2. The number of esters is 1. The molecule has 5 rings (SSSR count). The Bertz CT molecular complexity index is 1290. The lowest BCUT2D eigenvalue weighted by atomic mass is 9.66. The van der Waals surface area contributed by atoms with Crippen molar-refractivity contribution in [1.29, 1.82) is 0 Å². The number of rotatable bonds is 4. The highest BCUT2D eigenvalue weighted by atomic mass is 35.5. The quantitative estimate of drug-likeness (QED) is 0.304. The van der Waals surface area contributed by atoms with Crippen LogP contribution in [0, 0.1) is 5.92 Å².